The normalized spacial score (nSPS) is 15.6. The van der Waals surface area contributed by atoms with E-state index in [9.17, 15) is 9.18 Å². The van der Waals surface area contributed by atoms with Gasteiger partial charge in [-0.3, -0.25) is 4.79 Å². The molecule has 0 bridgehead atoms. The molecule has 0 spiro atoms. The molecule has 2 N–H and O–H groups in total. The Morgan fingerprint density at radius 3 is 2.55 bits per heavy atom. The standard InChI is InChI=1S/C21H33FN4O2.HI/c1-5-23-20(24-13-16-8-9-18(22)17(12-16)14-28-4)25-15-21(10-6-7-11-21)19(27)26(2)3;/h8-9,12H,5-7,10-11,13-15H2,1-4H3,(H2,23,24,25);1H. The first kappa shape index (κ1) is 25.6. The Morgan fingerprint density at radius 1 is 1.28 bits per heavy atom. The van der Waals surface area contributed by atoms with Crippen molar-refractivity contribution < 1.29 is 13.9 Å². The smallest absolute Gasteiger partial charge is 0.230 e. The summed E-state index contributed by atoms with van der Waals surface area (Å²) in [6.45, 7) is 3.94. The number of carbonyl (C=O) groups excluding carboxylic acids is 1. The summed E-state index contributed by atoms with van der Waals surface area (Å²) in [4.78, 5) is 19.0. The van der Waals surface area contributed by atoms with Gasteiger partial charge < -0.3 is 20.3 Å². The van der Waals surface area contributed by atoms with Crippen LogP contribution >= 0.6 is 24.0 Å². The van der Waals surface area contributed by atoms with Gasteiger partial charge in [-0.05, 0) is 37.5 Å². The molecule has 0 unspecified atom stereocenters. The van der Waals surface area contributed by atoms with Crippen LogP contribution in [0.5, 0.6) is 0 Å². The fraction of sp³-hybridized carbons (Fsp3) is 0.619. The quantitative estimate of drug-likeness (QED) is 0.314. The fourth-order valence-corrected chi connectivity index (χ4v) is 3.75. The Labute approximate surface area is 190 Å². The highest BCUT2D eigenvalue weighted by molar-refractivity contribution is 14.0. The van der Waals surface area contributed by atoms with E-state index in [4.69, 9.17) is 4.74 Å². The zero-order valence-corrected chi connectivity index (χ0v) is 20.2. The topological polar surface area (TPSA) is 66.0 Å². The first-order valence-electron chi connectivity index (χ1n) is 9.92. The summed E-state index contributed by atoms with van der Waals surface area (Å²) in [6.07, 6.45) is 3.95. The molecule has 1 aromatic carbocycles. The molecular formula is C21H34FIN4O2. The van der Waals surface area contributed by atoms with Crippen LogP contribution in [0.3, 0.4) is 0 Å². The zero-order valence-electron chi connectivity index (χ0n) is 17.9. The van der Waals surface area contributed by atoms with Crippen molar-refractivity contribution in [2.24, 2.45) is 10.4 Å². The lowest BCUT2D eigenvalue weighted by molar-refractivity contribution is -0.138. The van der Waals surface area contributed by atoms with Crippen LogP contribution in [0.2, 0.25) is 0 Å². The second-order valence-electron chi connectivity index (χ2n) is 7.59. The molecule has 0 aromatic heterocycles. The Hall–Kier alpha value is -1.42. The minimum absolute atomic E-state index is 0. The van der Waals surface area contributed by atoms with Crippen molar-refractivity contribution in [3.8, 4) is 0 Å². The number of methoxy groups -OCH3 is 1. The van der Waals surface area contributed by atoms with Crippen LogP contribution < -0.4 is 10.6 Å². The monoisotopic (exact) mass is 520 g/mol. The van der Waals surface area contributed by atoms with E-state index in [1.54, 1.807) is 24.1 Å². The van der Waals surface area contributed by atoms with Crippen molar-refractivity contribution in [2.45, 2.75) is 45.8 Å². The van der Waals surface area contributed by atoms with Crippen LogP contribution in [-0.2, 0) is 22.7 Å². The van der Waals surface area contributed by atoms with Crippen LogP contribution in [0.15, 0.2) is 23.2 Å². The SMILES string of the molecule is CCNC(=NCc1ccc(F)c(COC)c1)NCC1(C(=O)N(C)C)CCCC1.I. The summed E-state index contributed by atoms with van der Waals surface area (Å²) in [5.41, 5.74) is 1.07. The maximum atomic E-state index is 13.8. The highest BCUT2D eigenvalue weighted by Gasteiger charge is 2.42. The number of halogens is 2. The third kappa shape index (κ3) is 7.09. The zero-order chi connectivity index (χ0) is 20.6. The first-order valence-corrected chi connectivity index (χ1v) is 9.92. The largest absolute Gasteiger partial charge is 0.380 e. The van der Waals surface area contributed by atoms with Crippen LogP contribution in [-0.4, -0.2) is 51.1 Å². The molecule has 1 aliphatic rings. The third-order valence-corrected chi connectivity index (χ3v) is 5.19. The highest BCUT2D eigenvalue weighted by Crippen LogP contribution is 2.38. The summed E-state index contributed by atoms with van der Waals surface area (Å²) in [7, 11) is 5.17. The number of aliphatic imine (C=N–C) groups is 1. The van der Waals surface area contributed by atoms with Gasteiger partial charge in [0.2, 0.25) is 5.91 Å². The van der Waals surface area contributed by atoms with E-state index in [0.29, 0.717) is 24.6 Å². The van der Waals surface area contributed by atoms with Gasteiger partial charge in [-0.2, -0.15) is 0 Å². The Bertz CT molecular complexity index is 691. The number of guanidine groups is 1. The number of nitrogens with one attached hydrogen (secondary N) is 2. The maximum Gasteiger partial charge on any atom is 0.230 e. The molecule has 2 rings (SSSR count). The molecule has 1 amide bonds. The predicted octanol–water partition coefficient (Wildman–Crippen LogP) is 3.29. The maximum absolute atomic E-state index is 13.8. The molecule has 0 radical (unpaired) electrons. The molecule has 29 heavy (non-hydrogen) atoms. The van der Waals surface area contributed by atoms with Crippen LogP contribution in [0.1, 0.15) is 43.7 Å². The van der Waals surface area contributed by atoms with E-state index < -0.39 is 0 Å². The van der Waals surface area contributed by atoms with Crippen LogP contribution in [0, 0.1) is 11.2 Å². The molecular weight excluding hydrogens is 486 g/mol. The molecule has 0 atom stereocenters. The van der Waals surface area contributed by atoms with Crippen molar-refractivity contribution in [3.05, 3.63) is 35.1 Å². The van der Waals surface area contributed by atoms with Gasteiger partial charge >= 0.3 is 0 Å². The van der Waals surface area contributed by atoms with Crippen molar-refractivity contribution in [3.63, 3.8) is 0 Å². The number of rotatable bonds is 8. The van der Waals surface area contributed by atoms with E-state index in [-0.39, 0.29) is 47.7 Å². The summed E-state index contributed by atoms with van der Waals surface area (Å²) in [5, 5.41) is 6.58. The minimum atomic E-state index is -0.360. The van der Waals surface area contributed by atoms with Gasteiger partial charge in [0.25, 0.3) is 0 Å². The molecule has 0 aliphatic heterocycles. The van der Waals surface area contributed by atoms with Gasteiger partial charge in [-0.1, -0.05) is 18.9 Å². The van der Waals surface area contributed by atoms with E-state index in [1.165, 1.54) is 6.07 Å². The van der Waals surface area contributed by atoms with Crippen molar-refractivity contribution in [1.82, 2.24) is 15.5 Å². The second-order valence-corrected chi connectivity index (χ2v) is 7.59. The summed E-state index contributed by atoms with van der Waals surface area (Å²) in [5.74, 6) is 0.569. The van der Waals surface area contributed by atoms with E-state index in [1.807, 2.05) is 21.0 Å². The average Bonchev–Trinajstić information content (AvgIpc) is 3.16. The molecule has 1 saturated carbocycles. The summed E-state index contributed by atoms with van der Waals surface area (Å²) in [6, 6.07) is 4.96. The number of ether oxygens (including phenoxy) is 1. The van der Waals surface area contributed by atoms with E-state index in [0.717, 1.165) is 37.8 Å². The number of hydrogen-bond acceptors (Lipinski definition) is 3. The van der Waals surface area contributed by atoms with Gasteiger partial charge in [0.15, 0.2) is 5.96 Å². The molecule has 1 aromatic rings. The number of carbonyl (C=O) groups is 1. The average molecular weight is 520 g/mol. The van der Waals surface area contributed by atoms with Crippen molar-refractivity contribution >= 4 is 35.8 Å². The van der Waals surface area contributed by atoms with Crippen molar-refractivity contribution in [2.75, 3.05) is 34.3 Å². The molecule has 1 fully saturated rings. The molecule has 6 nitrogen and oxygen atoms in total. The van der Waals surface area contributed by atoms with Gasteiger partial charge in [-0.15, -0.1) is 24.0 Å². The fourth-order valence-electron chi connectivity index (χ4n) is 3.75. The van der Waals surface area contributed by atoms with Gasteiger partial charge in [0.1, 0.15) is 5.82 Å². The predicted molar refractivity (Wildman–Crippen MR) is 125 cm³/mol. The van der Waals surface area contributed by atoms with Gasteiger partial charge in [-0.25, -0.2) is 9.38 Å². The lowest BCUT2D eigenvalue weighted by Crippen LogP contribution is -2.49. The third-order valence-electron chi connectivity index (χ3n) is 5.19. The molecule has 164 valence electrons. The number of benzene rings is 1. The van der Waals surface area contributed by atoms with Crippen LogP contribution in [0.25, 0.3) is 0 Å². The summed E-state index contributed by atoms with van der Waals surface area (Å²) < 4.78 is 18.8. The second kappa shape index (κ2) is 12.3. The lowest BCUT2D eigenvalue weighted by atomic mass is 9.84. The van der Waals surface area contributed by atoms with Gasteiger partial charge in [0, 0.05) is 39.9 Å². The van der Waals surface area contributed by atoms with E-state index in [2.05, 4.69) is 15.6 Å². The number of nitrogens with zero attached hydrogens (tertiary/aromatic N) is 2. The molecule has 8 heteroatoms. The molecule has 1 aliphatic carbocycles. The lowest BCUT2D eigenvalue weighted by Gasteiger charge is -2.31. The Balaban J connectivity index is 0.00000420. The Kier molecular flexibility index (Phi) is 10.9. The van der Waals surface area contributed by atoms with Crippen molar-refractivity contribution in [1.29, 1.82) is 0 Å². The van der Waals surface area contributed by atoms with E-state index >= 15 is 0 Å². The van der Waals surface area contributed by atoms with Crippen LogP contribution in [0.4, 0.5) is 4.39 Å². The minimum Gasteiger partial charge on any atom is -0.380 e. The summed E-state index contributed by atoms with van der Waals surface area (Å²) >= 11 is 0. The highest BCUT2D eigenvalue weighted by atomic mass is 127. The Morgan fingerprint density at radius 2 is 1.97 bits per heavy atom. The number of hydrogen-bond donors (Lipinski definition) is 2. The first-order chi connectivity index (χ1) is 13.4. The van der Waals surface area contributed by atoms with Gasteiger partial charge in [0.05, 0.1) is 18.6 Å². The number of amides is 1. The molecule has 0 heterocycles. The molecule has 0 saturated heterocycles.